The van der Waals surface area contributed by atoms with E-state index in [2.05, 4.69) is 0 Å². The molecule has 0 fully saturated rings. The summed E-state index contributed by atoms with van der Waals surface area (Å²) < 4.78 is 26.6. The number of rotatable bonds is 3. The number of hydrogen-bond donors (Lipinski definition) is 1. The van der Waals surface area contributed by atoms with Crippen LogP contribution in [-0.2, 0) is 15.6 Å². The van der Waals surface area contributed by atoms with Crippen LogP contribution in [0.15, 0.2) is 90.6 Å². The number of sulfonamides is 1. The Balaban J connectivity index is 2.07. The van der Waals surface area contributed by atoms with E-state index < -0.39 is 15.6 Å². The van der Waals surface area contributed by atoms with E-state index in [1.54, 1.807) is 42.5 Å². The van der Waals surface area contributed by atoms with Gasteiger partial charge in [-0.05, 0) is 23.3 Å². The Morgan fingerprint density at radius 1 is 0.852 bits per heavy atom. The van der Waals surface area contributed by atoms with Gasteiger partial charge in [0.2, 0.25) is 10.0 Å². The van der Waals surface area contributed by atoms with Gasteiger partial charge in [-0.25, -0.2) is 12.7 Å². The van der Waals surface area contributed by atoms with Crippen molar-refractivity contribution in [3.8, 4) is 0 Å². The summed E-state index contributed by atoms with van der Waals surface area (Å²) in [6.45, 7) is 0. The predicted octanol–water partition coefficient (Wildman–Crippen LogP) is 3.74. The Labute approximate surface area is 159 Å². The third kappa shape index (κ3) is 2.85. The Bertz CT molecular complexity index is 1110. The van der Waals surface area contributed by atoms with Crippen molar-refractivity contribution >= 4 is 21.8 Å². The molecular weight excluding hydrogens is 358 g/mol. The van der Waals surface area contributed by atoms with Crippen molar-refractivity contribution in [2.24, 2.45) is 0 Å². The minimum atomic E-state index is -3.66. The zero-order chi connectivity index (χ0) is 19.1. The summed E-state index contributed by atoms with van der Waals surface area (Å²) in [6.07, 6.45) is 2.88. The Morgan fingerprint density at radius 3 is 2.04 bits per heavy atom. The first-order valence-electron chi connectivity index (χ1n) is 8.57. The molecule has 0 bridgehead atoms. The summed E-state index contributed by atoms with van der Waals surface area (Å²) in [5.41, 5.74) is 1.16. The maximum atomic E-state index is 12.7. The van der Waals surface area contributed by atoms with Gasteiger partial charge in [-0.3, -0.25) is 0 Å². The standard InChI is InChI=1S/C22H19NO3S/c1-27(25,26)23-20-15-9-8-14-19(20)22(24,18-12-6-3-7-13-18)21(23)16-17-10-4-2-5-11-17/h2-16,24H,1H3/b21-16-. The summed E-state index contributed by atoms with van der Waals surface area (Å²) in [6, 6.07) is 25.6. The molecule has 4 nitrogen and oxygen atoms in total. The van der Waals surface area contributed by atoms with Crippen LogP contribution in [-0.4, -0.2) is 19.8 Å². The zero-order valence-electron chi connectivity index (χ0n) is 14.8. The van der Waals surface area contributed by atoms with Gasteiger partial charge in [0.05, 0.1) is 17.6 Å². The van der Waals surface area contributed by atoms with Gasteiger partial charge in [0.15, 0.2) is 5.60 Å². The monoisotopic (exact) mass is 377 g/mol. The van der Waals surface area contributed by atoms with Gasteiger partial charge >= 0.3 is 0 Å². The molecule has 3 aromatic rings. The van der Waals surface area contributed by atoms with Gasteiger partial charge in [0, 0.05) is 5.56 Å². The fourth-order valence-electron chi connectivity index (χ4n) is 3.58. The summed E-state index contributed by atoms with van der Waals surface area (Å²) >= 11 is 0. The van der Waals surface area contributed by atoms with Gasteiger partial charge in [-0.2, -0.15) is 0 Å². The van der Waals surface area contributed by atoms with Crippen molar-refractivity contribution < 1.29 is 13.5 Å². The lowest BCUT2D eigenvalue weighted by atomic mass is 9.85. The second-order valence-electron chi connectivity index (χ2n) is 6.56. The molecule has 1 aliphatic heterocycles. The number of para-hydroxylation sites is 1. The lowest BCUT2D eigenvalue weighted by molar-refractivity contribution is 0.128. The van der Waals surface area contributed by atoms with Gasteiger partial charge in [0.1, 0.15) is 0 Å². The lowest BCUT2D eigenvalue weighted by Crippen LogP contribution is -2.34. The molecule has 4 rings (SSSR count). The Morgan fingerprint density at radius 2 is 1.41 bits per heavy atom. The number of nitrogens with zero attached hydrogens (tertiary/aromatic N) is 1. The molecule has 1 unspecified atom stereocenters. The van der Waals surface area contributed by atoms with Crippen molar-refractivity contribution in [1.29, 1.82) is 0 Å². The van der Waals surface area contributed by atoms with E-state index in [1.165, 1.54) is 4.31 Å². The Hall–Kier alpha value is -2.89. The topological polar surface area (TPSA) is 57.6 Å². The molecule has 1 aliphatic rings. The molecule has 136 valence electrons. The molecule has 1 atom stereocenters. The SMILES string of the molecule is CS(=O)(=O)N1/C(=C\c2ccccc2)C(O)(c2ccccc2)c2ccccc21. The number of benzene rings is 3. The van der Waals surface area contributed by atoms with Gasteiger partial charge < -0.3 is 5.11 Å². The molecule has 0 aliphatic carbocycles. The van der Waals surface area contributed by atoms with Gasteiger partial charge in [-0.15, -0.1) is 0 Å². The van der Waals surface area contributed by atoms with Crippen LogP contribution in [0.3, 0.4) is 0 Å². The molecule has 5 heteroatoms. The zero-order valence-corrected chi connectivity index (χ0v) is 15.6. The quantitative estimate of drug-likeness (QED) is 0.756. The maximum Gasteiger partial charge on any atom is 0.236 e. The molecule has 1 heterocycles. The molecule has 0 saturated carbocycles. The third-order valence-corrected chi connectivity index (χ3v) is 5.78. The van der Waals surface area contributed by atoms with Crippen molar-refractivity contribution in [2.45, 2.75) is 5.60 Å². The molecule has 0 spiro atoms. The van der Waals surface area contributed by atoms with Crippen LogP contribution in [0.5, 0.6) is 0 Å². The summed E-state index contributed by atoms with van der Waals surface area (Å²) in [4.78, 5) is 0. The fraction of sp³-hybridized carbons (Fsp3) is 0.0909. The molecular formula is C22H19NO3S. The molecule has 0 aromatic heterocycles. The number of hydrogen-bond acceptors (Lipinski definition) is 3. The maximum absolute atomic E-state index is 12.7. The average molecular weight is 377 g/mol. The minimum Gasteiger partial charge on any atom is -0.374 e. The smallest absolute Gasteiger partial charge is 0.236 e. The van der Waals surface area contributed by atoms with E-state index in [0.717, 1.165) is 11.8 Å². The van der Waals surface area contributed by atoms with Crippen LogP contribution in [0, 0.1) is 0 Å². The van der Waals surface area contributed by atoms with E-state index in [-0.39, 0.29) is 0 Å². The summed E-state index contributed by atoms with van der Waals surface area (Å²) in [5, 5.41) is 11.9. The molecule has 0 amide bonds. The van der Waals surface area contributed by atoms with Crippen molar-refractivity contribution in [3.63, 3.8) is 0 Å². The molecule has 27 heavy (non-hydrogen) atoms. The third-order valence-electron chi connectivity index (χ3n) is 4.73. The first-order chi connectivity index (χ1) is 12.9. The first-order valence-corrected chi connectivity index (χ1v) is 10.4. The minimum absolute atomic E-state index is 0.295. The largest absolute Gasteiger partial charge is 0.374 e. The fourth-order valence-corrected chi connectivity index (χ4v) is 4.64. The summed E-state index contributed by atoms with van der Waals surface area (Å²) in [5.74, 6) is 0. The Kier molecular flexibility index (Phi) is 4.13. The van der Waals surface area contributed by atoms with Crippen LogP contribution >= 0.6 is 0 Å². The van der Waals surface area contributed by atoms with Gasteiger partial charge in [-0.1, -0.05) is 78.9 Å². The number of anilines is 1. The van der Waals surface area contributed by atoms with Crippen molar-refractivity contribution in [3.05, 3.63) is 107 Å². The van der Waals surface area contributed by atoms with Crippen LogP contribution in [0.4, 0.5) is 5.69 Å². The van der Waals surface area contributed by atoms with Crippen LogP contribution in [0.1, 0.15) is 16.7 Å². The second-order valence-corrected chi connectivity index (χ2v) is 8.39. The van der Waals surface area contributed by atoms with Crippen molar-refractivity contribution in [1.82, 2.24) is 0 Å². The number of aliphatic hydroxyl groups is 1. The highest BCUT2D eigenvalue weighted by atomic mass is 32.2. The van der Waals surface area contributed by atoms with Crippen LogP contribution in [0.25, 0.3) is 6.08 Å². The first kappa shape index (κ1) is 17.5. The highest BCUT2D eigenvalue weighted by Crippen LogP contribution is 2.51. The van der Waals surface area contributed by atoms with Crippen molar-refractivity contribution in [2.75, 3.05) is 10.6 Å². The molecule has 3 aromatic carbocycles. The highest BCUT2D eigenvalue weighted by Gasteiger charge is 2.50. The molecule has 0 radical (unpaired) electrons. The molecule has 0 saturated heterocycles. The second kappa shape index (κ2) is 6.37. The van der Waals surface area contributed by atoms with Crippen LogP contribution in [0.2, 0.25) is 0 Å². The lowest BCUT2D eigenvalue weighted by Gasteiger charge is -2.28. The van der Waals surface area contributed by atoms with E-state index in [0.29, 0.717) is 22.5 Å². The van der Waals surface area contributed by atoms with Gasteiger partial charge in [0.25, 0.3) is 0 Å². The normalized spacial score (nSPS) is 20.7. The summed E-state index contributed by atoms with van der Waals surface area (Å²) in [7, 11) is -3.66. The van der Waals surface area contributed by atoms with Crippen LogP contribution < -0.4 is 4.31 Å². The highest BCUT2D eigenvalue weighted by molar-refractivity contribution is 7.92. The molecule has 1 N–H and O–H groups in total. The van der Waals surface area contributed by atoms with E-state index in [1.807, 2.05) is 48.5 Å². The predicted molar refractivity (Wildman–Crippen MR) is 108 cm³/mol. The van der Waals surface area contributed by atoms with E-state index in [9.17, 15) is 13.5 Å². The van der Waals surface area contributed by atoms with E-state index >= 15 is 0 Å². The van der Waals surface area contributed by atoms with E-state index in [4.69, 9.17) is 0 Å². The number of fused-ring (bicyclic) bond motifs is 1. The average Bonchev–Trinajstić information content (AvgIpc) is 2.93.